The van der Waals surface area contributed by atoms with Crippen LogP contribution in [0.25, 0.3) is 0 Å². The number of hydrogen-bond donors (Lipinski definition) is 2. The minimum Gasteiger partial charge on any atom is -0.460 e. The first-order chi connectivity index (χ1) is 11.7. The molecular formula is C20H23NO3. The SMILES string of the molecule is O=C(OCc1ccccc1)C(c1ccccc1)C1(O)CCNCC1. The van der Waals surface area contributed by atoms with Crippen molar-refractivity contribution < 1.29 is 14.6 Å². The minimum atomic E-state index is -1.07. The standard InChI is InChI=1S/C20H23NO3/c22-19(24-15-16-7-3-1-4-8-16)18(17-9-5-2-6-10-17)20(23)11-13-21-14-12-20/h1-10,18,21,23H,11-15H2. The number of benzene rings is 2. The van der Waals surface area contributed by atoms with Crippen molar-refractivity contribution in [2.45, 2.75) is 31.0 Å². The molecule has 1 aliphatic heterocycles. The molecule has 4 nitrogen and oxygen atoms in total. The third kappa shape index (κ3) is 3.83. The van der Waals surface area contributed by atoms with Crippen molar-refractivity contribution in [2.75, 3.05) is 13.1 Å². The van der Waals surface area contributed by atoms with E-state index in [0.29, 0.717) is 25.9 Å². The Bertz CT molecular complexity index is 651. The van der Waals surface area contributed by atoms with Crippen molar-refractivity contribution in [3.63, 3.8) is 0 Å². The van der Waals surface area contributed by atoms with Crippen molar-refractivity contribution >= 4 is 5.97 Å². The smallest absolute Gasteiger partial charge is 0.316 e. The molecule has 2 aromatic rings. The van der Waals surface area contributed by atoms with Gasteiger partial charge in [0.1, 0.15) is 12.5 Å². The second-order valence-electron chi connectivity index (χ2n) is 6.29. The Morgan fingerprint density at radius 2 is 1.62 bits per heavy atom. The molecule has 0 amide bonds. The van der Waals surface area contributed by atoms with Crippen LogP contribution in [0.1, 0.15) is 29.9 Å². The number of esters is 1. The highest BCUT2D eigenvalue weighted by atomic mass is 16.5. The van der Waals surface area contributed by atoms with E-state index in [0.717, 1.165) is 11.1 Å². The zero-order chi connectivity index (χ0) is 16.8. The molecule has 1 heterocycles. The first kappa shape index (κ1) is 16.7. The van der Waals surface area contributed by atoms with Gasteiger partial charge in [0.05, 0.1) is 5.60 Å². The predicted octanol–water partition coefficient (Wildman–Crippen LogP) is 2.63. The molecule has 1 fully saturated rings. The second-order valence-corrected chi connectivity index (χ2v) is 6.29. The molecule has 0 bridgehead atoms. The van der Waals surface area contributed by atoms with E-state index in [2.05, 4.69) is 5.32 Å². The fourth-order valence-corrected chi connectivity index (χ4v) is 3.27. The molecule has 24 heavy (non-hydrogen) atoms. The van der Waals surface area contributed by atoms with Crippen LogP contribution in [0.2, 0.25) is 0 Å². The molecule has 0 aromatic heterocycles. The van der Waals surface area contributed by atoms with Gasteiger partial charge in [-0.25, -0.2) is 0 Å². The Balaban J connectivity index is 1.80. The van der Waals surface area contributed by atoms with Crippen molar-refractivity contribution in [3.8, 4) is 0 Å². The fourth-order valence-electron chi connectivity index (χ4n) is 3.27. The third-order valence-corrected chi connectivity index (χ3v) is 4.60. The van der Waals surface area contributed by atoms with E-state index in [-0.39, 0.29) is 12.6 Å². The molecule has 126 valence electrons. The number of carbonyl (C=O) groups is 1. The van der Waals surface area contributed by atoms with E-state index in [1.165, 1.54) is 0 Å². The number of ether oxygens (including phenoxy) is 1. The lowest BCUT2D eigenvalue weighted by atomic mass is 9.76. The van der Waals surface area contributed by atoms with Crippen molar-refractivity contribution in [1.82, 2.24) is 5.32 Å². The average molecular weight is 325 g/mol. The Hall–Kier alpha value is -2.17. The zero-order valence-electron chi connectivity index (χ0n) is 13.7. The Labute approximate surface area is 142 Å². The first-order valence-electron chi connectivity index (χ1n) is 8.38. The summed E-state index contributed by atoms with van der Waals surface area (Å²) in [5.41, 5.74) is 0.676. The van der Waals surface area contributed by atoms with Crippen molar-refractivity contribution in [2.24, 2.45) is 0 Å². The molecule has 1 atom stereocenters. The van der Waals surface area contributed by atoms with Crippen molar-refractivity contribution in [3.05, 3.63) is 71.8 Å². The van der Waals surface area contributed by atoms with Crippen LogP contribution in [0.3, 0.4) is 0 Å². The normalized spacial score (nSPS) is 17.9. The molecule has 4 heteroatoms. The quantitative estimate of drug-likeness (QED) is 0.830. The van der Waals surface area contributed by atoms with Gasteiger partial charge < -0.3 is 15.2 Å². The summed E-state index contributed by atoms with van der Waals surface area (Å²) >= 11 is 0. The van der Waals surface area contributed by atoms with Gasteiger partial charge in [0.15, 0.2) is 0 Å². The monoisotopic (exact) mass is 325 g/mol. The molecular weight excluding hydrogens is 302 g/mol. The molecule has 1 saturated heterocycles. The van der Waals surface area contributed by atoms with Gasteiger partial charge in [-0.1, -0.05) is 60.7 Å². The summed E-state index contributed by atoms with van der Waals surface area (Å²) in [6, 6.07) is 19.0. The molecule has 0 radical (unpaired) electrons. The number of carbonyl (C=O) groups excluding carboxylic acids is 1. The van der Waals surface area contributed by atoms with Gasteiger partial charge in [-0.15, -0.1) is 0 Å². The van der Waals surface area contributed by atoms with E-state index in [1.54, 1.807) is 0 Å². The second kappa shape index (κ2) is 7.60. The van der Waals surface area contributed by atoms with Gasteiger partial charge in [-0.3, -0.25) is 4.79 Å². The lowest BCUT2D eigenvalue weighted by Crippen LogP contribution is -2.49. The number of nitrogens with one attached hydrogen (secondary N) is 1. The highest BCUT2D eigenvalue weighted by Crippen LogP contribution is 2.36. The van der Waals surface area contributed by atoms with Crippen LogP contribution in [0.15, 0.2) is 60.7 Å². The Morgan fingerprint density at radius 3 is 2.25 bits per heavy atom. The van der Waals surface area contributed by atoms with Crippen LogP contribution in [0.5, 0.6) is 0 Å². The minimum absolute atomic E-state index is 0.220. The zero-order valence-corrected chi connectivity index (χ0v) is 13.7. The van der Waals surface area contributed by atoms with Gasteiger partial charge in [-0.05, 0) is 37.1 Å². The van der Waals surface area contributed by atoms with E-state index in [9.17, 15) is 9.90 Å². The van der Waals surface area contributed by atoms with Crippen LogP contribution in [0, 0.1) is 0 Å². The number of piperidine rings is 1. The largest absolute Gasteiger partial charge is 0.460 e. The summed E-state index contributed by atoms with van der Waals surface area (Å²) in [6.45, 7) is 1.62. The summed E-state index contributed by atoms with van der Waals surface area (Å²) in [5.74, 6) is -1.03. The molecule has 0 spiro atoms. The number of aliphatic hydroxyl groups is 1. The lowest BCUT2D eigenvalue weighted by molar-refractivity contribution is -0.155. The fraction of sp³-hybridized carbons (Fsp3) is 0.350. The molecule has 3 rings (SSSR count). The van der Waals surface area contributed by atoms with Gasteiger partial charge in [0.25, 0.3) is 0 Å². The van der Waals surface area contributed by atoms with Crippen LogP contribution in [-0.4, -0.2) is 29.8 Å². The van der Waals surface area contributed by atoms with Gasteiger partial charge in [0.2, 0.25) is 0 Å². The maximum absolute atomic E-state index is 12.8. The third-order valence-electron chi connectivity index (χ3n) is 4.60. The average Bonchev–Trinajstić information content (AvgIpc) is 2.62. The summed E-state index contributed by atoms with van der Waals surface area (Å²) in [5, 5.41) is 14.3. The van der Waals surface area contributed by atoms with E-state index in [1.807, 2.05) is 60.7 Å². The summed E-state index contributed by atoms with van der Waals surface area (Å²) < 4.78 is 5.54. The lowest BCUT2D eigenvalue weighted by Gasteiger charge is -2.38. The molecule has 2 N–H and O–H groups in total. The van der Waals surface area contributed by atoms with Crippen LogP contribution >= 0.6 is 0 Å². The Kier molecular flexibility index (Phi) is 5.28. The van der Waals surface area contributed by atoms with E-state index >= 15 is 0 Å². The van der Waals surface area contributed by atoms with Gasteiger partial charge in [0, 0.05) is 0 Å². The highest BCUT2D eigenvalue weighted by molar-refractivity contribution is 5.80. The van der Waals surface area contributed by atoms with E-state index in [4.69, 9.17) is 4.74 Å². The van der Waals surface area contributed by atoms with E-state index < -0.39 is 11.5 Å². The molecule has 0 saturated carbocycles. The summed E-state index contributed by atoms with van der Waals surface area (Å²) in [6.07, 6.45) is 1.07. The predicted molar refractivity (Wildman–Crippen MR) is 92.5 cm³/mol. The van der Waals surface area contributed by atoms with Gasteiger partial charge >= 0.3 is 5.97 Å². The maximum atomic E-state index is 12.8. The van der Waals surface area contributed by atoms with Crippen LogP contribution < -0.4 is 5.32 Å². The molecule has 0 aliphatic carbocycles. The summed E-state index contributed by atoms with van der Waals surface area (Å²) in [7, 11) is 0. The van der Waals surface area contributed by atoms with Crippen LogP contribution in [-0.2, 0) is 16.1 Å². The molecule has 1 aliphatic rings. The first-order valence-corrected chi connectivity index (χ1v) is 8.38. The maximum Gasteiger partial charge on any atom is 0.316 e. The molecule has 2 aromatic carbocycles. The molecule has 1 unspecified atom stereocenters. The Morgan fingerprint density at radius 1 is 1.04 bits per heavy atom. The van der Waals surface area contributed by atoms with Crippen LogP contribution in [0.4, 0.5) is 0 Å². The topological polar surface area (TPSA) is 58.6 Å². The highest BCUT2D eigenvalue weighted by Gasteiger charge is 2.44. The van der Waals surface area contributed by atoms with Gasteiger partial charge in [-0.2, -0.15) is 0 Å². The summed E-state index contributed by atoms with van der Waals surface area (Å²) in [4.78, 5) is 12.8. The van der Waals surface area contributed by atoms with Crippen molar-refractivity contribution in [1.29, 1.82) is 0 Å². The number of hydrogen-bond acceptors (Lipinski definition) is 4. The number of rotatable bonds is 5.